The van der Waals surface area contributed by atoms with Crippen molar-refractivity contribution in [3.8, 4) is 11.5 Å². The van der Waals surface area contributed by atoms with E-state index in [2.05, 4.69) is 10.3 Å². The van der Waals surface area contributed by atoms with Gasteiger partial charge in [-0.15, -0.1) is 0 Å². The topological polar surface area (TPSA) is 60.5 Å². The molecule has 2 heterocycles. The molecule has 0 atom stereocenters. The van der Waals surface area contributed by atoms with Crippen molar-refractivity contribution in [2.24, 2.45) is 0 Å². The highest BCUT2D eigenvalue weighted by Gasteiger charge is 2.16. The van der Waals surface area contributed by atoms with Crippen LogP contribution >= 0.6 is 11.6 Å². The van der Waals surface area contributed by atoms with E-state index in [9.17, 15) is 4.79 Å². The van der Waals surface area contributed by atoms with Crippen molar-refractivity contribution in [2.75, 3.05) is 13.2 Å². The molecule has 0 aliphatic carbocycles. The number of halogens is 1. The van der Waals surface area contributed by atoms with E-state index in [0.29, 0.717) is 41.8 Å². The number of nitrogens with zero attached hydrogens (tertiary/aromatic N) is 1. The van der Waals surface area contributed by atoms with Gasteiger partial charge in [-0.1, -0.05) is 11.6 Å². The van der Waals surface area contributed by atoms with Crippen molar-refractivity contribution in [3.63, 3.8) is 0 Å². The minimum Gasteiger partial charge on any atom is -0.489 e. The third-order valence-electron chi connectivity index (χ3n) is 3.24. The molecule has 0 saturated carbocycles. The molecule has 0 unspecified atom stereocenters. The van der Waals surface area contributed by atoms with E-state index in [1.165, 1.54) is 6.20 Å². The number of benzene rings is 1. The van der Waals surface area contributed by atoms with E-state index < -0.39 is 0 Å². The van der Waals surface area contributed by atoms with Crippen molar-refractivity contribution in [3.05, 3.63) is 52.8 Å². The number of aromatic nitrogens is 1. The first-order chi connectivity index (χ1) is 10.7. The van der Waals surface area contributed by atoms with Gasteiger partial charge in [-0.05, 0) is 29.8 Å². The molecule has 1 aromatic heterocycles. The van der Waals surface area contributed by atoms with E-state index in [1.807, 2.05) is 6.07 Å². The van der Waals surface area contributed by atoms with Crippen LogP contribution in [0, 0.1) is 0 Å². The Labute approximate surface area is 133 Å². The van der Waals surface area contributed by atoms with Gasteiger partial charge in [0.15, 0.2) is 11.5 Å². The summed E-state index contributed by atoms with van der Waals surface area (Å²) in [6, 6.07) is 7.05. The summed E-state index contributed by atoms with van der Waals surface area (Å²) in [5, 5.41) is 3.32. The van der Waals surface area contributed by atoms with Crippen LogP contribution in [0.3, 0.4) is 0 Å². The third-order valence-corrected chi connectivity index (χ3v) is 3.52. The molecule has 1 amide bonds. The SMILES string of the molecule is O=C(NCc1cc(Cl)c2c(c1)OCCCO2)c1cccnc1. The minimum atomic E-state index is -0.184. The minimum absolute atomic E-state index is 0.184. The van der Waals surface area contributed by atoms with Gasteiger partial charge in [0.05, 0.1) is 23.8 Å². The summed E-state index contributed by atoms with van der Waals surface area (Å²) < 4.78 is 11.2. The Kier molecular flexibility index (Phi) is 4.44. The van der Waals surface area contributed by atoms with Crippen LogP contribution in [0.5, 0.6) is 11.5 Å². The lowest BCUT2D eigenvalue weighted by molar-refractivity contribution is 0.0950. The second-order valence-corrected chi connectivity index (χ2v) is 5.29. The Hall–Kier alpha value is -2.27. The first-order valence-corrected chi connectivity index (χ1v) is 7.38. The molecule has 0 spiro atoms. The van der Waals surface area contributed by atoms with E-state index in [4.69, 9.17) is 21.1 Å². The zero-order chi connectivity index (χ0) is 15.4. The molecule has 3 rings (SSSR count). The normalized spacial score (nSPS) is 13.3. The monoisotopic (exact) mass is 318 g/mol. The average molecular weight is 319 g/mol. The molecule has 22 heavy (non-hydrogen) atoms. The molecule has 1 aromatic carbocycles. The predicted molar refractivity (Wildman–Crippen MR) is 82.5 cm³/mol. The van der Waals surface area contributed by atoms with Crippen LogP contribution in [0.1, 0.15) is 22.3 Å². The van der Waals surface area contributed by atoms with Gasteiger partial charge in [0.1, 0.15) is 0 Å². The summed E-state index contributed by atoms with van der Waals surface area (Å²) in [6.45, 7) is 1.53. The molecule has 0 fully saturated rings. The Morgan fingerprint density at radius 2 is 2.18 bits per heavy atom. The largest absolute Gasteiger partial charge is 0.489 e. The predicted octanol–water partition coefficient (Wildman–Crippen LogP) is 2.83. The molecule has 1 aliphatic heterocycles. The van der Waals surface area contributed by atoms with Crippen molar-refractivity contribution in [1.29, 1.82) is 0 Å². The maximum Gasteiger partial charge on any atom is 0.253 e. The molecule has 1 N–H and O–H groups in total. The Balaban J connectivity index is 1.72. The summed E-state index contributed by atoms with van der Waals surface area (Å²) >= 11 is 6.22. The third kappa shape index (κ3) is 3.31. The molecule has 0 radical (unpaired) electrons. The quantitative estimate of drug-likeness (QED) is 0.945. The van der Waals surface area contributed by atoms with Crippen LogP contribution in [0.4, 0.5) is 0 Å². The highest BCUT2D eigenvalue weighted by molar-refractivity contribution is 6.32. The van der Waals surface area contributed by atoms with E-state index in [1.54, 1.807) is 24.4 Å². The van der Waals surface area contributed by atoms with Gasteiger partial charge in [0.25, 0.3) is 5.91 Å². The summed E-state index contributed by atoms with van der Waals surface area (Å²) in [6.07, 6.45) is 3.97. The number of hydrogen-bond donors (Lipinski definition) is 1. The highest BCUT2D eigenvalue weighted by Crippen LogP contribution is 2.37. The van der Waals surface area contributed by atoms with Crippen LogP contribution < -0.4 is 14.8 Å². The number of hydrogen-bond acceptors (Lipinski definition) is 4. The second-order valence-electron chi connectivity index (χ2n) is 4.88. The molecule has 6 heteroatoms. The van der Waals surface area contributed by atoms with Crippen LogP contribution in [-0.4, -0.2) is 24.1 Å². The molecule has 5 nitrogen and oxygen atoms in total. The van der Waals surface area contributed by atoms with Crippen molar-refractivity contribution in [1.82, 2.24) is 10.3 Å². The lowest BCUT2D eigenvalue weighted by Crippen LogP contribution is -2.22. The summed E-state index contributed by atoms with van der Waals surface area (Å²) in [5.74, 6) is 1.01. The number of rotatable bonds is 3. The number of amides is 1. The number of fused-ring (bicyclic) bond motifs is 1. The summed E-state index contributed by atoms with van der Waals surface area (Å²) in [7, 11) is 0. The van der Waals surface area contributed by atoms with Crippen molar-refractivity contribution < 1.29 is 14.3 Å². The fourth-order valence-electron chi connectivity index (χ4n) is 2.17. The number of pyridine rings is 1. The van der Waals surface area contributed by atoms with Gasteiger partial charge in [-0.3, -0.25) is 9.78 Å². The van der Waals surface area contributed by atoms with E-state index >= 15 is 0 Å². The molecular formula is C16H15ClN2O3. The summed E-state index contributed by atoms with van der Waals surface area (Å²) in [4.78, 5) is 15.9. The fraction of sp³-hybridized carbons (Fsp3) is 0.250. The molecular weight excluding hydrogens is 304 g/mol. The van der Waals surface area contributed by atoms with Gasteiger partial charge in [0.2, 0.25) is 0 Å². The molecule has 2 aromatic rings. The maximum absolute atomic E-state index is 12.0. The lowest BCUT2D eigenvalue weighted by atomic mass is 10.2. The molecule has 114 valence electrons. The van der Waals surface area contributed by atoms with Crippen molar-refractivity contribution in [2.45, 2.75) is 13.0 Å². The van der Waals surface area contributed by atoms with Crippen LogP contribution in [-0.2, 0) is 6.54 Å². The Morgan fingerprint density at radius 1 is 1.32 bits per heavy atom. The van der Waals surface area contributed by atoms with Crippen molar-refractivity contribution >= 4 is 17.5 Å². The lowest BCUT2D eigenvalue weighted by Gasteiger charge is -2.12. The fourth-order valence-corrected chi connectivity index (χ4v) is 2.46. The first kappa shape index (κ1) is 14.7. The average Bonchev–Trinajstić information content (AvgIpc) is 2.79. The second kappa shape index (κ2) is 6.66. The first-order valence-electron chi connectivity index (χ1n) is 7.00. The van der Waals surface area contributed by atoms with E-state index in [-0.39, 0.29) is 5.91 Å². The van der Waals surface area contributed by atoms with Gasteiger partial charge in [-0.25, -0.2) is 0 Å². The van der Waals surface area contributed by atoms with Gasteiger partial charge < -0.3 is 14.8 Å². The smallest absolute Gasteiger partial charge is 0.253 e. The van der Waals surface area contributed by atoms with Gasteiger partial charge in [-0.2, -0.15) is 0 Å². The molecule has 0 bridgehead atoms. The summed E-state index contributed by atoms with van der Waals surface area (Å²) in [5.41, 5.74) is 1.37. The van der Waals surface area contributed by atoms with Crippen LogP contribution in [0.25, 0.3) is 0 Å². The van der Waals surface area contributed by atoms with Crippen LogP contribution in [0.2, 0.25) is 5.02 Å². The standard InChI is InChI=1S/C16H15ClN2O3/c17-13-7-11(8-14-15(13)22-6-2-5-21-14)9-19-16(20)12-3-1-4-18-10-12/h1,3-4,7-8,10H,2,5-6,9H2,(H,19,20). The molecule has 0 saturated heterocycles. The number of ether oxygens (including phenoxy) is 2. The number of carbonyl (C=O) groups is 1. The Bertz CT molecular complexity index is 677. The highest BCUT2D eigenvalue weighted by atomic mass is 35.5. The van der Waals surface area contributed by atoms with Gasteiger partial charge in [0, 0.05) is 25.4 Å². The zero-order valence-corrected chi connectivity index (χ0v) is 12.6. The molecule has 1 aliphatic rings. The van der Waals surface area contributed by atoms with Crippen LogP contribution in [0.15, 0.2) is 36.7 Å². The number of nitrogens with one attached hydrogen (secondary N) is 1. The Morgan fingerprint density at radius 3 is 3.00 bits per heavy atom. The van der Waals surface area contributed by atoms with Gasteiger partial charge >= 0.3 is 0 Å². The number of carbonyl (C=O) groups excluding carboxylic acids is 1. The maximum atomic E-state index is 12.0. The zero-order valence-electron chi connectivity index (χ0n) is 11.8. The van der Waals surface area contributed by atoms with E-state index in [0.717, 1.165) is 12.0 Å².